The summed E-state index contributed by atoms with van der Waals surface area (Å²) >= 11 is 0. The number of carboxylic acids is 1. The maximum Gasteiger partial charge on any atom is 0.341 e. The van der Waals surface area contributed by atoms with Crippen LogP contribution in [0, 0.1) is 13.8 Å². The fraction of sp³-hybridized carbons (Fsp3) is 0.214. The third-order valence-electron chi connectivity index (χ3n) is 2.59. The van der Waals surface area contributed by atoms with E-state index in [9.17, 15) is 14.4 Å². The molecule has 2 rings (SSSR count). The van der Waals surface area contributed by atoms with Crippen LogP contribution in [0.1, 0.15) is 27.3 Å². The Morgan fingerprint density at radius 1 is 1.00 bits per heavy atom. The molecule has 0 aliphatic heterocycles. The van der Waals surface area contributed by atoms with Crippen LogP contribution in [0.25, 0.3) is 0 Å². The quantitative estimate of drug-likeness (QED) is 0.644. The summed E-state index contributed by atoms with van der Waals surface area (Å²) in [5, 5.41) is 17.0. The maximum atomic E-state index is 10.9. The van der Waals surface area contributed by atoms with E-state index in [1.54, 1.807) is 32.0 Å². The molecule has 112 valence electrons. The van der Waals surface area contributed by atoms with E-state index in [-0.39, 0.29) is 17.7 Å². The number of nitrogens with one attached hydrogen (secondary N) is 2. The fourth-order valence-corrected chi connectivity index (χ4v) is 1.47. The molecule has 0 spiro atoms. The number of aromatic nitrogens is 2. The third-order valence-corrected chi connectivity index (χ3v) is 2.59. The van der Waals surface area contributed by atoms with Crippen LogP contribution in [-0.4, -0.2) is 26.2 Å². The van der Waals surface area contributed by atoms with E-state index in [2.05, 4.69) is 9.97 Å². The molecular weight excluding hydrogens is 276 g/mol. The van der Waals surface area contributed by atoms with Gasteiger partial charge < -0.3 is 20.2 Å². The predicted octanol–water partition coefficient (Wildman–Crippen LogP) is 0.557. The number of H-pyrrole nitrogens is 2. The van der Waals surface area contributed by atoms with Crippen molar-refractivity contribution in [1.29, 1.82) is 0 Å². The molecule has 2 aromatic heterocycles. The Labute approximate surface area is 119 Å². The number of carboxylic acid groups (broad SMARTS) is 1. The van der Waals surface area contributed by atoms with Gasteiger partial charge in [0.25, 0.3) is 11.1 Å². The number of aliphatic hydroxyl groups is 1. The number of aliphatic hydroxyl groups excluding tert-OH is 1. The first-order valence-corrected chi connectivity index (χ1v) is 6.08. The summed E-state index contributed by atoms with van der Waals surface area (Å²) in [6.45, 7) is 3.28. The van der Waals surface area contributed by atoms with Crippen LogP contribution in [0.5, 0.6) is 0 Å². The van der Waals surface area contributed by atoms with E-state index in [4.69, 9.17) is 10.2 Å². The van der Waals surface area contributed by atoms with E-state index < -0.39 is 11.5 Å². The molecule has 4 N–H and O–H groups in total. The fourth-order valence-electron chi connectivity index (χ4n) is 1.47. The van der Waals surface area contributed by atoms with Gasteiger partial charge in [0.15, 0.2) is 0 Å². The molecule has 0 unspecified atom stereocenters. The molecule has 0 saturated heterocycles. The van der Waals surface area contributed by atoms with Gasteiger partial charge in [0.05, 0.1) is 6.61 Å². The Hall–Kier alpha value is -2.67. The van der Waals surface area contributed by atoms with Gasteiger partial charge in [0.2, 0.25) is 0 Å². The Kier molecular flexibility index (Phi) is 5.62. The number of pyridine rings is 2. The average Bonchev–Trinajstić information content (AvgIpc) is 2.39. The number of hydrogen-bond donors (Lipinski definition) is 4. The van der Waals surface area contributed by atoms with Crippen molar-refractivity contribution in [3.63, 3.8) is 0 Å². The second-order valence-corrected chi connectivity index (χ2v) is 4.34. The largest absolute Gasteiger partial charge is 0.477 e. The molecule has 0 saturated carbocycles. The summed E-state index contributed by atoms with van der Waals surface area (Å²) in [6.07, 6.45) is 0. The van der Waals surface area contributed by atoms with Gasteiger partial charge in [-0.3, -0.25) is 9.59 Å². The van der Waals surface area contributed by atoms with Crippen molar-refractivity contribution < 1.29 is 15.0 Å². The van der Waals surface area contributed by atoms with Crippen LogP contribution in [0.15, 0.2) is 33.9 Å². The minimum atomic E-state index is -1.20. The molecular formula is C14H16N2O5. The number of aromatic amines is 2. The average molecular weight is 292 g/mol. The Balaban J connectivity index is 0.000000211. The van der Waals surface area contributed by atoms with Gasteiger partial charge in [-0.2, -0.15) is 0 Å². The molecule has 0 aromatic carbocycles. The van der Waals surface area contributed by atoms with Crippen molar-refractivity contribution in [2.45, 2.75) is 20.5 Å². The second-order valence-electron chi connectivity index (χ2n) is 4.34. The summed E-state index contributed by atoms with van der Waals surface area (Å²) in [5.41, 5.74) is 0.878. The van der Waals surface area contributed by atoms with Crippen LogP contribution in [0.2, 0.25) is 0 Å². The summed E-state index contributed by atoms with van der Waals surface area (Å²) in [5.74, 6) is -1.20. The Morgan fingerprint density at radius 2 is 1.52 bits per heavy atom. The molecule has 0 amide bonds. The minimum Gasteiger partial charge on any atom is -0.477 e. The number of carbonyl (C=O) groups is 1. The number of hydrogen-bond acceptors (Lipinski definition) is 4. The lowest BCUT2D eigenvalue weighted by atomic mass is 10.2. The summed E-state index contributed by atoms with van der Waals surface area (Å²) in [6, 6.07) is 6.21. The lowest BCUT2D eigenvalue weighted by Gasteiger charge is -1.94. The third kappa shape index (κ3) is 4.73. The van der Waals surface area contributed by atoms with Crippen molar-refractivity contribution in [1.82, 2.24) is 9.97 Å². The van der Waals surface area contributed by atoms with Crippen molar-refractivity contribution in [2.24, 2.45) is 0 Å². The zero-order chi connectivity index (χ0) is 16.0. The highest BCUT2D eigenvalue weighted by Crippen LogP contribution is 1.92. The van der Waals surface area contributed by atoms with Crippen LogP contribution >= 0.6 is 0 Å². The lowest BCUT2D eigenvalue weighted by Crippen LogP contribution is -2.17. The maximum absolute atomic E-state index is 10.9. The summed E-state index contributed by atoms with van der Waals surface area (Å²) in [4.78, 5) is 37.0. The highest BCUT2D eigenvalue weighted by molar-refractivity contribution is 5.86. The molecule has 7 nitrogen and oxygen atoms in total. The van der Waals surface area contributed by atoms with Crippen molar-refractivity contribution in [2.75, 3.05) is 0 Å². The Bertz CT molecular complexity index is 746. The SMILES string of the molecule is Cc1ccc(C(=O)O)c(=O)[nH]1.Cc1ccc(CO)c(=O)[nH]1. The number of aromatic carboxylic acids is 1. The molecule has 0 atom stereocenters. The molecule has 0 aliphatic carbocycles. The molecule has 0 aliphatic rings. The first-order valence-electron chi connectivity index (χ1n) is 6.08. The van der Waals surface area contributed by atoms with Crippen LogP contribution in [0.4, 0.5) is 0 Å². The zero-order valence-corrected chi connectivity index (χ0v) is 11.6. The predicted molar refractivity (Wildman–Crippen MR) is 76.5 cm³/mol. The summed E-state index contributed by atoms with van der Waals surface area (Å²) < 4.78 is 0. The van der Waals surface area contributed by atoms with E-state index in [1.807, 2.05) is 0 Å². The van der Waals surface area contributed by atoms with Gasteiger partial charge in [-0.15, -0.1) is 0 Å². The van der Waals surface area contributed by atoms with Crippen molar-refractivity contribution in [3.8, 4) is 0 Å². The van der Waals surface area contributed by atoms with E-state index in [0.29, 0.717) is 11.3 Å². The minimum absolute atomic E-state index is 0.199. The molecule has 0 fully saturated rings. The topological polar surface area (TPSA) is 123 Å². The van der Waals surface area contributed by atoms with Gasteiger partial charge in [-0.25, -0.2) is 4.79 Å². The second kappa shape index (κ2) is 7.20. The van der Waals surface area contributed by atoms with Gasteiger partial charge in [-0.1, -0.05) is 0 Å². The van der Waals surface area contributed by atoms with E-state index in [1.165, 1.54) is 6.07 Å². The van der Waals surface area contributed by atoms with Crippen LogP contribution in [-0.2, 0) is 6.61 Å². The molecule has 2 aromatic rings. The van der Waals surface area contributed by atoms with Crippen molar-refractivity contribution in [3.05, 3.63) is 67.5 Å². The number of aryl methyl sites for hydroxylation is 2. The molecule has 7 heteroatoms. The smallest absolute Gasteiger partial charge is 0.341 e. The number of rotatable bonds is 2. The van der Waals surface area contributed by atoms with Gasteiger partial charge in [0.1, 0.15) is 5.56 Å². The van der Waals surface area contributed by atoms with Crippen LogP contribution in [0.3, 0.4) is 0 Å². The molecule has 2 heterocycles. The van der Waals surface area contributed by atoms with E-state index in [0.717, 1.165) is 5.69 Å². The zero-order valence-electron chi connectivity index (χ0n) is 11.6. The monoisotopic (exact) mass is 292 g/mol. The van der Waals surface area contributed by atoms with Crippen molar-refractivity contribution >= 4 is 5.97 Å². The highest BCUT2D eigenvalue weighted by atomic mass is 16.4. The van der Waals surface area contributed by atoms with Gasteiger partial charge >= 0.3 is 5.97 Å². The summed E-state index contributed by atoms with van der Waals surface area (Å²) in [7, 11) is 0. The lowest BCUT2D eigenvalue weighted by molar-refractivity contribution is 0.0695. The molecule has 0 radical (unpaired) electrons. The van der Waals surface area contributed by atoms with E-state index >= 15 is 0 Å². The van der Waals surface area contributed by atoms with Gasteiger partial charge in [-0.05, 0) is 38.1 Å². The normalized spacial score (nSPS) is 9.67. The first kappa shape index (κ1) is 16.4. The molecule has 0 bridgehead atoms. The highest BCUT2D eigenvalue weighted by Gasteiger charge is 2.06. The standard InChI is InChI=1S/C7H7NO3.C7H9NO2/c1-4-2-3-5(7(10)11)6(9)8-4;1-5-2-3-6(4-9)7(10)8-5/h2-3H,1H3,(H,8,9)(H,10,11);2-3,9H,4H2,1H3,(H,8,10). The van der Waals surface area contributed by atoms with Crippen LogP contribution < -0.4 is 11.1 Å². The molecule has 21 heavy (non-hydrogen) atoms. The first-order chi connectivity index (χ1) is 9.85. The Morgan fingerprint density at radius 3 is 1.95 bits per heavy atom. The van der Waals surface area contributed by atoms with Gasteiger partial charge in [0, 0.05) is 17.0 Å².